The lowest BCUT2D eigenvalue weighted by Crippen LogP contribution is -2.35. The molecule has 2 aromatic rings. The highest BCUT2D eigenvalue weighted by Gasteiger charge is 2.27. The number of amides is 1. The normalized spacial score (nSPS) is 14.7. The van der Waals surface area contributed by atoms with Crippen LogP contribution < -0.4 is 19.5 Å². The molecule has 2 aromatic carbocycles. The average molecular weight is 477 g/mol. The summed E-state index contributed by atoms with van der Waals surface area (Å²) in [6, 6.07) is 11.6. The van der Waals surface area contributed by atoms with Crippen molar-refractivity contribution in [2.75, 3.05) is 31.6 Å². The fraction of sp³-hybridized carbons (Fsp3) is 0.458. The average Bonchev–Trinajstić information content (AvgIpc) is 2.80. The highest BCUT2D eigenvalue weighted by molar-refractivity contribution is 7.89. The van der Waals surface area contributed by atoms with Crippen molar-refractivity contribution in [3.05, 3.63) is 42.5 Å². The predicted octanol–water partition coefficient (Wildman–Crippen LogP) is 4.06. The Balaban J connectivity index is 1.78. The van der Waals surface area contributed by atoms with Gasteiger partial charge in [0.2, 0.25) is 10.0 Å². The van der Waals surface area contributed by atoms with Gasteiger partial charge >= 0.3 is 0 Å². The van der Waals surface area contributed by atoms with E-state index in [-0.39, 0.29) is 23.3 Å². The summed E-state index contributed by atoms with van der Waals surface area (Å²) >= 11 is 0. The number of sulfonamides is 1. The molecule has 0 radical (unpaired) electrons. The van der Waals surface area contributed by atoms with Gasteiger partial charge in [0.25, 0.3) is 5.91 Å². The Bertz CT molecular complexity index is 1050. The summed E-state index contributed by atoms with van der Waals surface area (Å²) < 4.78 is 44.6. The highest BCUT2D eigenvalue weighted by Crippen LogP contribution is 2.31. The molecule has 0 atom stereocenters. The molecule has 1 amide bonds. The Labute approximate surface area is 195 Å². The molecule has 0 saturated carbocycles. The number of rotatable bonds is 10. The Hall–Kier alpha value is -2.78. The summed E-state index contributed by atoms with van der Waals surface area (Å²) in [4.78, 5) is 12.8. The Morgan fingerprint density at radius 2 is 1.67 bits per heavy atom. The number of nitrogens with one attached hydrogen (secondary N) is 1. The first-order chi connectivity index (χ1) is 15.8. The first kappa shape index (κ1) is 24.9. The smallest absolute Gasteiger partial charge is 0.262 e. The van der Waals surface area contributed by atoms with Crippen LogP contribution in [-0.2, 0) is 14.8 Å². The van der Waals surface area contributed by atoms with Crippen molar-refractivity contribution in [1.82, 2.24) is 4.31 Å². The molecule has 0 aromatic heterocycles. The summed E-state index contributed by atoms with van der Waals surface area (Å²) in [5.74, 6) is 0.953. The molecule has 9 heteroatoms. The molecule has 1 aliphatic rings. The van der Waals surface area contributed by atoms with E-state index in [9.17, 15) is 13.2 Å². The number of benzene rings is 2. The number of ether oxygens (including phenoxy) is 3. The zero-order valence-corrected chi connectivity index (χ0v) is 20.2. The summed E-state index contributed by atoms with van der Waals surface area (Å²) in [5, 5.41) is 2.74. The summed E-state index contributed by atoms with van der Waals surface area (Å²) in [6.07, 6.45) is 2.57. The third-order valence-electron chi connectivity index (χ3n) is 5.05. The molecule has 0 aliphatic carbocycles. The Kier molecular flexibility index (Phi) is 8.57. The molecule has 180 valence electrons. The third kappa shape index (κ3) is 6.61. The van der Waals surface area contributed by atoms with E-state index in [0.717, 1.165) is 19.3 Å². The zero-order chi connectivity index (χ0) is 23.8. The number of piperidine rings is 1. The minimum atomic E-state index is -3.65. The fourth-order valence-electron chi connectivity index (χ4n) is 3.55. The van der Waals surface area contributed by atoms with Gasteiger partial charge in [-0.3, -0.25) is 4.79 Å². The molecule has 8 nitrogen and oxygen atoms in total. The van der Waals surface area contributed by atoms with Gasteiger partial charge in [-0.05, 0) is 63.9 Å². The van der Waals surface area contributed by atoms with E-state index in [1.165, 1.54) is 16.4 Å². The van der Waals surface area contributed by atoms with E-state index >= 15 is 0 Å². The molecular weight excluding hydrogens is 444 g/mol. The van der Waals surface area contributed by atoms with E-state index in [1.807, 2.05) is 26.8 Å². The molecule has 1 heterocycles. The van der Waals surface area contributed by atoms with Crippen molar-refractivity contribution in [3.63, 3.8) is 0 Å². The molecular formula is C24H32N2O6S. The maximum absolute atomic E-state index is 13.1. The zero-order valence-electron chi connectivity index (χ0n) is 19.4. The predicted molar refractivity (Wildman–Crippen MR) is 127 cm³/mol. The van der Waals surface area contributed by atoms with Crippen LogP contribution in [0.5, 0.6) is 17.2 Å². The van der Waals surface area contributed by atoms with Crippen molar-refractivity contribution >= 4 is 21.6 Å². The van der Waals surface area contributed by atoms with Crippen molar-refractivity contribution < 1.29 is 27.4 Å². The number of carbonyl (C=O) groups is 1. The summed E-state index contributed by atoms with van der Waals surface area (Å²) in [5.41, 5.74) is 0.286. The molecule has 1 saturated heterocycles. The second-order valence-electron chi connectivity index (χ2n) is 8.01. The van der Waals surface area contributed by atoms with Crippen LogP contribution in [-0.4, -0.2) is 51.0 Å². The van der Waals surface area contributed by atoms with Crippen LogP contribution in [0.3, 0.4) is 0 Å². The Morgan fingerprint density at radius 1 is 1.00 bits per heavy atom. The summed E-state index contributed by atoms with van der Waals surface area (Å²) in [6.45, 7) is 6.79. The van der Waals surface area contributed by atoms with Gasteiger partial charge in [0.05, 0.1) is 23.3 Å². The molecule has 1 N–H and O–H groups in total. The summed E-state index contributed by atoms with van der Waals surface area (Å²) in [7, 11) is -3.65. The Morgan fingerprint density at radius 3 is 2.30 bits per heavy atom. The SMILES string of the molecule is CCOc1ccccc1OCC(=O)Nc1cc(S(=O)(=O)N2CCCCC2)ccc1OC(C)C. The van der Waals surface area contributed by atoms with Gasteiger partial charge in [0, 0.05) is 13.1 Å². The lowest BCUT2D eigenvalue weighted by atomic mass is 10.2. The number of para-hydroxylation sites is 2. The van der Waals surface area contributed by atoms with Crippen molar-refractivity contribution in [2.24, 2.45) is 0 Å². The molecule has 0 bridgehead atoms. The molecule has 1 fully saturated rings. The monoisotopic (exact) mass is 476 g/mol. The largest absolute Gasteiger partial charge is 0.490 e. The van der Waals surface area contributed by atoms with Gasteiger partial charge in [-0.2, -0.15) is 4.31 Å². The van der Waals surface area contributed by atoms with Gasteiger partial charge in [-0.1, -0.05) is 18.6 Å². The highest BCUT2D eigenvalue weighted by atomic mass is 32.2. The van der Waals surface area contributed by atoms with Crippen molar-refractivity contribution in [3.8, 4) is 17.2 Å². The van der Waals surface area contributed by atoms with Crippen LogP contribution in [0.15, 0.2) is 47.4 Å². The lowest BCUT2D eigenvalue weighted by molar-refractivity contribution is -0.118. The van der Waals surface area contributed by atoms with E-state index in [4.69, 9.17) is 14.2 Å². The molecule has 1 aliphatic heterocycles. The van der Waals surface area contributed by atoms with E-state index in [1.54, 1.807) is 24.3 Å². The number of anilines is 1. The van der Waals surface area contributed by atoms with Gasteiger partial charge in [0.15, 0.2) is 18.1 Å². The lowest BCUT2D eigenvalue weighted by Gasteiger charge is -2.26. The molecule has 33 heavy (non-hydrogen) atoms. The minimum absolute atomic E-state index is 0.124. The van der Waals surface area contributed by atoms with E-state index in [0.29, 0.717) is 36.9 Å². The van der Waals surface area contributed by atoms with Crippen LogP contribution in [0.4, 0.5) is 5.69 Å². The third-order valence-corrected chi connectivity index (χ3v) is 6.94. The van der Waals surface area contributed by atoms with Crippen LogP contribution >= 0.6 is 0 Å². The fourth-order valence-corrected chi connectivity index (χ4v) is 5.10. The standard InChI is InChI=1S/C24H32N2O6S/c1-4-30-22-10-6-7-11-23(22)31-17-24(27)25-20-16-19(12-13-21(20)32-18(2)3)33(28,29)26-14-8-5-9-15-26/h6-7,10-13,16,18H,4-5,8-9,14-15,17H2,1-3H3,(H,25,27). The second-order valence-corrected chi connectivity index (χ2v) is 9.94. The van der Waals surface area contributed by atoms with Gasteiger partial charge in [-0.15, -0.1) is 0 Å². The van der Waals surface area contributed by atoms with Crippen LogP contribution in [0.2, 0.25) is 0 Å². The second kappa shape index (κ2) is 11.4. The maximum Gasteiger partial charge on any atom is 0.262 e. The molecule has 0 spiro atoms. The van der Waals surface area contributed by atoms with Gasteiger partial charge in [-0.25, -0.2) is 8.42 Å². The minimum Gasteiger partial charge on any atom is -0.490 e. The van der Waals surface area contributed by atoms with Crippen LogP contribution in [0.1, 0.15) is 40.0 Å². The topological polar surface area (TPSA) is 94.2 Å². The van der Waals surface area contributed by atoms with Gasteiger partial charge in [0.1, 0.15) is 5.75 Å². The number of carbonyl (C=O) groups excluding carboxylic acids is 1. The van der Waals surface area contributed by atoms with Crippen LogP contribution in [0, 0.1) is 0 Å². The number of hydrogen-bond acceptors (Lipinski definition) is 6. The van der Waals surface area contributed by atoms with E-state index < -0.39 is 15.9 Å². The number of nitrogens with zero attached hydrogens (tertiary/aromatic N) is 1. The molecule has 3 rings (SSSR count). The van der Waals surface area contributed by atoms with Gasteiger partial charge < -0.3 is 19.5 Å². The first-order valence-electron chi connectivity index (χ1n) is 11.3. The van der Waals surface area contributed by atoms with Crippen LogP contribution in [0.25, 0.3) is 0 Å². The molecule has 0 unspecified atom stereocenters. The maximum atomic E-state index is 13.1. The number of hydrogen-bond donors (Lipinski definition) is 1. The quantitative estimate of drug-likeness (QED) is 0.556. The van der Waals surface area contributed by atoms with Crippen molar-refractivity contribution in [2.45, 2.75) is 51.0 Å². The van der Waals surface area contributed by atoms with E-state index in [2.05, 4.69) is 5.32 Å². The van der Waals surface area contributed by atoms with Crippen molar-refractivity contribution in [1.29, 1.82) is 0 Å². The first-order valence-corrected chi connectivity index (χ1v) is 12.7.